The Hall–Kier alpha value is -6.46. The number of carbonyl (C=O) groups is 2. The van der Waals surface area contributed by atoms with Gasteiger partial charge in [-0.05, 0) is 54.4 Å². The van der Waals surface area contributed by atoms with E-state index in [1.807, 2.05) is 35.2 Å². The molecular weight excluding hydrogens is 679 g/mol. The second kappa shape index (κ2) is 17.2. The lowest BCUT2D eigenvalue weighted by Gasteiger charge is -2.34. The summed E-state index contributed by atoms with van der Waals surface area (Å²) in [5.41, 5.74) is 4.01. The van der Waals surface area contributed by atoms with Gasteiger partial charge in [0.25, 0.3) is 5.56 Å². The first kappa shape index (κ1) is 36.3. The van der Waals surface area contributed by atoms with Gasteiger partial charge >= 0.3 is 0 Å². The van der Waals surface area contributed by atoms with Gasteiger partial charge in [0, 0.05) is 49.4 Å². The van der Waals surface area contributed by atoms with Gasteiger partial charge in [-0.25, -0.2) is 19.0 Å². The number of hydrogen-bond donors (Lipinski definition) is 2. The van der Waals surface area contributed by atoms with E-state index in [0.717, 1.165) is 16.7 Å². The number of aldehydes is 1. The highest BCUT2D eigenvalue weighted by Crippen LogP contribution is 2.26. The maximum absolute atomic E-state index is 15.2. The Bertz CT molecular complexity index is 2170. The Morgan fingerprint density at radius 2 is 1.91 bits per heavy atom. The van der Waals surface area contributed by atoms with Crippen LogP contribution in [0.25, 0.3) is 22.6 Å². The van der Waals surface area contributed by atoms with Crippen molar-refractivity contribution >= 4 is 23.6 Å². The minimum atomic E-state index is -0.619. The first-order valence-electron chi connectivity index (χ1n) is 17.0. The van der Waals surface area contributed by atoms with Crippen LogP contribution < -0.4 is 25.8 Å². The van der Waals surface area contributed by atoms with Gasteiger partial charge in [-0.15, -0.1) is 0 Å². The van der Waals surface area contributed by atoms with E-state index in [-0.39, 0.29) is 37.1 Å². The first-order valence-corrected chi connectivity index (χ1v) is 17.0. The van der Waals surface area contributed by atoms with Gasteiger partial charge in [-0.3, -0.25) is 9.59 Å². The highest BCUT2D eigenvalue weighted by molar-refractivity contribution is 5.76. The molecule has 3 heterocycles. The van der Waals surface area contributed by atoms with Gasteiger partial charge in [0.15, 0.2) is 11.6 Å². The van der Waals surface area contributed by atoms with Gasteiger partial charge in [0.1, 0.15) is 24.8 Å². The summed E-state index contributed by atoms with van der Waals surface area (Å²) < 4.78 is 28.4. The van der Waals surface area contributed by atoms with E-state index in [0.29, 0.717) is 66.6 Å². The summed E-state index contributed by atoms with van der Waals surface area (Å²) in [5.74, 6) is 0.300. The first-order chi connectivity index (χ1) is 25.8. The molecule has 1 fully saturated rings. The van der Waals surface area contributed by atoms with Gasteiger partial charge in [-0.2, -0.15) is 10.4 Å². The smallest absolute Gasteiger partial charge is 0.267 e. The van der Waals surface area contributed by atoms with Crippen molar-refractivity contribution in [2.75, 3.05) is 43.6 Å². The van der Waals surface area contributed by atoms with E-state index in [4.69, 9.17) is 9.47 Å². The molecule has 6 rings (SSSR count). The summed E-state index contributed by atoms with van der Waals surface area (Å²) in [6.07, 6.45) is 3.99. The average molecular weight is 717 g/mol. The standard InChI is InChI=1S/C39H37FN8O5/c1-42-37(50)12-9-31(24-49)45-30-8-11-36(34(40)18-30)47-14-15-52-33(23-47)25-53-32-20-43-39(44-21-32)29-7-3-5-27(17-29)22-48-38(51)13-10-35(46-48)28-6-2-4-26(16-28)19-41/h2-8,10-11,13,16-18,20-21,24,31,33,45H,9,12,14-15,22-23,25H2,1H3,(H,42,50)/t31?,33-/m0/s1. The SMILES string of the molecule is CNC(=O)CCC(C=O)Nc1ccc(N2CCO[C@H](COc3cnc(-c4cccc(Cn5nc(-c6cccc(C#N)c6)ccc5=O)c4)nc3)C2)c(F)c1. The van der Waals surface area contributed by atoms with Crippen LogP contribution in [0, 0.1) is 17.1 Å². The predicted molar refractivity (Wildman–Crippen MR) is 196 cm³/mol. The van der Waals surface area contributed by atoms with Crippen LogP contribution in [0.4, 0.5) is 15.8 Å². The van der Waals surface area contributed by atoms with Crippen LogP contribution in [0.3, 0.4) is 0 Å². The number of aromatic nitrogens is 4. The maximum Gasteiger partial charge on any atom is 0.267 e. The number of morpholine rings is 1. The Kier molecular flexibility index (Phi) is 11.8. The quantitative estimate of drug-likeness (QED) is 0.158. The van der Waals surface area contributed by atoms with Crippen LogP contribution in [0.15, 0.2) is 96.1 Å². The highest BCUT2D eigenvalue weighted by atomic mass is 19.1. The Balaban J connectivity index is 1.04. The molecule has 14 heteroatoms. The number of benzene rings is 3. The van der Waals surface area contributed by atoms with Gasteiger partial charge in [-0.1, -0.05) is 30.3 Å². The molecule has 13 nitrogen and oxygen atoms in total. The molecule has 270 valence electrons. The summed E-state index contributed by atoms with van der Waals surface area (Å²) in [7, 11) is 1.53. The van der Waals surface area contributed by atoms with Crippen LogP contribution in [0.2, 0.25) is 0 Å². The number of rotatable bonds is 14. The lowest BCUT2D eigenvalue weighted by molar-refractivity contribution is -0.120. The lowest BCUT2D eigenvalue weighted by atomic mass is 10.1. The Labute approximate surface area is 305 Å². The summed E-state index contributed by atoms with van der Waals surface area (Å²) in [4.78, 5) is 46.5. The fraction of sp³-hybridized carbons (Fsp3) is 0.256. The van der Waals surface area contributed by atoms with Crippen molar-refractivity contribution in [3.8, 4) is 34.5 Å². The minimum absolute atomic E-state index is 0.174. The number of anilines is 2. The lowest BCUT2D eigenvalue weighted by Crippen LogP contribution is -2.45. The molecule has 3 aromatic carbocycles. The maximum atomic E-state index is 15.2. The molecule has 5 aromatic rings. The molecule has 1 unspecified atom stereocenters. The number of halogens is 1. The molecule has 0 aliphatic carbocycles. The average Bonchev–Trinajstić information content (AvgIpc) is 3.19. The van der Waals surface area contributed by atoms with Gasteiger partial charge in [0.2, 0.25) is 5.91 Å². The summed E-state index contributed by atoms with van der Waals surface area (Å²) in [6, 6.07) is 23.9. The second-order valence-electron chi connectivity index (χ2n) is 12.4. The van der Waals surface area contributed by atoms with Crippen LogP contribution in [-0.4, -0.2) is 77.4 Å². The largest absolute Gasteiger partial charge is 0.488 e. The zero-order valence-electron chi connectivity index (χ0n) is 28.9. The molecule has 0 saturated carbocycles. The molecule has 0 spiro atoms. The summed E-state index contributed by atoms with van der Waals surface area (Å²) in [6.45, 7) is 1.69. The summed E-state index contributed by atoms with van der Waals surface area (Å²) >= 11 is 0. The predicted octanol–water partition coefficient (Wildman–Crippen LogP) is 4.22. The van der Waals surface area contributed by atoms with Crippen molar-refractivity contribution in [2.45, 2.75) is 31.5 Å². The molecule has 1 aliphatic heterocycles. The number of amides is 1. The minimum Gasteiger partial charge on any atom is -0.488 e. The monoisotopic (exact) mass is 716 g/mol. The number of carbonyl (C=O) groups excluding carboxylic acids is 2. The molecule has 1 aliphatic rings. The number of nitriles is 1. The van der Waals surface area contributed by atoms with E-state index in [9.17, 15) is 19.6 Å². The van der Waals surface area contributed by atoms with Crippen molar-refractivity contribution in [1.29, 1.82) is 5.26 Å². The molecule has 0 bridgehead atoms. The third kappa shape index (κ3) is 9.46. The zero-order valence-corrected chi connectivity index (χ0v) is 28.9. The van der Waals surface area contributed by atoms with Crippen molar-refractivity contribution in [3.05, 3.63) is 119 Å². The topological polar surface area (TPSA) is 164 Å². The van der Waals surface area contributed by atoms with Crippen molar-refractivity contribution in [2.24, 2.45) is 0 Å². The van der Waals surface area contributed by atoms with Gasteiger partial charge in [0.05, 0.1) is 54.6 Å². The number of nitrogens with one attached hydrogen (secondary N) is 2. The van der Waals surface area contributed by atoms with Crippen LogP contribution in [0.5, 0.6) is 5.75 Å². The third-order valence-corrected chi connectivity index (χ3v) is 8.64. The van der Waals surface area contributed by atoms with Crippen molar-refractivity contribution < 1.29 is 23.5 Å². The Morgan fingerprint density at radius 3 is 2.68 bits per heavy atom. The zero-order chi connectivity index (χ0) is 37.2. The fourth-order valence-corrected chi connectivity index (χ4v) is 5.87. The number of nitrogens with zero attached hydrogens (tertiary/aromatic N) is 6. The normalized spacial score (nSPS) is 14.5. The van der Waals surface area contributed by atoms with E-state index in [1.54, 1.807) is 48.8 Å². The van der Waals surface area contributed by atoms with Crippen LogP contribution >= 0.6 is 0 Å². The van der Waals surface area contributed by atoms with Crippen molar-refractivity contribution in [3.63, 3.8) is 0 Å². The third-order valence-electron chi connectivity index (χ3n) is 8.64. The number of ether oxygens (including phenoxy) is 2. The molecule has 2 N–H and O–H groups in total. The van der Waals surface area contributed by atoms with E-state index in [2.05, 4.69) is 31.8 Å². The molecule has 1 saturated heterocycles. The van der Waals surface area contributed by atoms with Gasteiger partial charge < -0.3 is 29.8 Å². The second-order valence-corrected chi connectivity index (χ2v) is 12.4. The molecule has 2 atom stereocenters. The van der Waals surface area contributed by atoms with E-state index < -0.39 is 11.9 Å². The molecule has 53 heavy (non-hydrogen) atoms. The van der Waals surface area contributed by atoms with Crippen molar-refractivity contribution in [1.82, 2.24) is 25.1 Å². The summed E-state index contributed by atoms with van der Waals surface area (Å²) in [5, 5.41) is 19.3. The number of hydrogen-bond acceptors (Lipinski definition) is 11. The van der Waals surface area contributed by atoms with Crippen LogP contribution in [0.1, 0.15) is 24.0 Å². The molecular formula is C39H37FN8O5. The fourth-order valence-electron chi connectivity index (χ4n) is 5.87. The van der Waals surface area contributed by atoms with Crippen LogP contribution in [-0.2, 0) is 20.9 Å². The molecule has 1 amide bonds. The molecule has 2 aromatic heterocycles. The van der Waals surface area contributed by atoms with E-state index in [1.165, 1.54) is 23.9 Å². The highest BCUT2D eigenvalue weighted by Gasteiger charge is 2.24. The molecule has 0 radical (unpaired) electrons. The Morgan fingerprint density at radius 1 is 1.09 bits per heavy atom. The van der Waals surface area contributed by atoms with E-state index >= 15 is 4.39 Å².